The normalized spacial score (nSPS) is 16.3. The van der Waals surface area contributed by atoms with Crippen LogP contribution < -0.4 is 5.56 Å². The number of hydrogen-bond acceptors (Lipinski definition) is 7. The lowest BCUT2D eigenvalue weighted by Gasteiger charge is -2.30. The van der Waals surface area contributed by atoms with Gasteiger partial charge in [0.2, 0.25) is 0 Å². The van der Waals surface area contributed by atoms with Crippen LogP contribution in [0.15, 0.2) is 76.1 Å². The number of tetrazole rings is 1. The first kappa shape index (κ1) is 25.2. The molecule has 0 spiro atoms. The number of benzene rings is 2. The SMILES string of the molecule is Cc1cc2cc([C@H](c3nnnn3C[C@H]3CCCO3)N(Cc3ccccc3)Cc3ccco3)c(=O)[nH]c2cc1C. The van der Waals surface area contributed by atoms with Crippen LogP contribution in [0.1, 0.15) is 52.7 Å². The summed E-state index contributed by atoms with van der Waals surface area (Å²) in [6.45, 7) is 6.43. The van der Waals surface area contributed by atoms with Crippen molar-refractivity contribution in [2.45, 2.75) is 58.5 Å². The highest BCUT2D eigenvalue weighted by molar-refractivity contribution is 5.81. The molecule has 0 amide bonds. The molecule has 0 radical (unpaired) electrons. The summed E-state index contributed by atoms with van der Waals surface area (Å²) in [6.07, 6.45) is 3.69. The second kappa shape index (κ2) is 11.0. The molecule has 6 rings (SSSR count). The highest BCUT2D eigenvalue weighted by Crippen LogP contribution is 2.31. The fourth-order valence-corrected chi connectivity index (χ4v) is 5.37. The Balaban J connectivity index is 1.51. The molecule has 0 unspecified atom stereocenters. The molecule has 2 aromatic carbocycles. The molecular weight excluding hydrogens is 492 g/mol. The zero-order valence-corrected chi connectivity index (χ0v) is 22.2. The summed E-state index contributed by atoms with van der Waals surface area (Å²) in [6, 6.07) is 19.6. The number of nitrogens with one attached hydrogen (secondary N) is 1. The quantitative estimate of drug-likeness (QED) is 0.298. The van der Waals surface area contributed by atoms with E-state index in [-0.39, 0.29) is 11.7 Å². The Bertz CT molecular complexity index is 1600. The lowest BCUT2D eigenvalue weighted by atomic mass is 10.00. The van der Waals surface area contributed by atoms with Crippen LogP contribution in [0, 0.1) is 13.8 Å². The molecule has 39 heavy (non-hydrogen) atoms. The Kier molecular flexibility index (Phi) is 7.08. The van der Waals surface area contributed by atoms with Gasteiger partial charge in [0.15, 0.2) is 5.82 Å². The van der Waals surface area contributed by atoms with E-state index < -0.39 is 6.04 Å². The molecule has 1 aliphatic rings. The number of H-pyrrole nitrogens is 1. The van der Waals surface area contributed by atoms with Crippen LogP contribution in [0.4, 0.5) is 0 Å². The highest BCUT2D eigenvalue weighted by Gasteiger charge is 2.32. The first-order chi connectivity index (χ1) is 19.0. The molecule has 1 aliphatic heterocycles. The van der Waals surface area contributed by atoms with Crippen LogP contribution in [0.2, 0.25) is 0 Å². The molecule has 9 nitrogen and oxygen atoms in total. The van der Waals surface area contributed by atoms with Crippen LogP contribution >= 0.6 is 0 Å². The van der Waals surface area contributed by atoms with Gasteiger partial charge in [-0.1, -0.05) is 30.3 Å². The van der Waals surface area contributed by atoms with Crippen LogP contribution in [-0.4, -0.2) is 42.8 Å². The topological polar surface area (TPSA) is 102 Å². The van der Waals surface area contributed by atoms with Crippen molar-refractivity contribution in [2.24, 2.45) is 0 Å². The molecule has 9 heteroatoms. The molecule has 0 bridgehead atoms. The number of nitrogens with zero attached hydrogens (tertiary/aromatic N) is 5. The number of ether oxygens (including phenoxy) is 1. The summed E-state index contributed by atoms with van der Waals surface area (Å²) in [7, 11) is 0. The number of fused-ring (bicyclic) bond motifs is 1. The van der Waals surface area contributed by atoms with Crippen molar-refractivity contribution in [3.8, 4) is 0 Å². The first-order valence-electron chi connectivity index (χ1n) is 13.4. The lowest BCUT2D eigenvalue weighted by molar-refractivity contribution is 0.0901. The molecule has 1 saturated heterocycles. The maximum absolute atomic E-state index is 13.8. The lowest BCUT2D eigenvalue weighted by Crippen LogP contribution is -2.35. The van der Waals surface area contributed by atoms with E-state index in [4.69, 9.17) is 9.15 Å². The summed E-state index contributed by atoms with van der Waals surface area (Å²) in [5.74, 6) is 1.39. The van der Waals surface area contributed by atoms with Crippen LogP contribution in [-0.2, 0) is 24.4 Å². The third kappa shape index (κ3) is 5.41. The van der Waals surface area contributed by atoms with E-state index >= 15 is 0 Å². The van der Waals surface area contributed by atoms with E-state index in [1.54, 1.807) is 10.9 Å². The minimum absolute atomic E-state index is 0.0426. The Labute approximate surface area is 226 Å². The fraction of sp³-hybridized carbons (Fsp3) is 0.333. The van der Waals surface area contributed by atoms with Crippen molar-refractivity contribution in [1.29, 1.82) is 0 Å². The zero-order valence-electron chi connectivity index (χ0n) is 22.2. The number of aromatic nitrogens is 5. The zero-order chi connectivity index (χ0) is 26.8. The van der Waals surface area contributed by atoms with Gasteiger partial charge in [-0.3, -0.25) is 9.69 Å². The standard InChI is InChI=1S/C30H32N6O3/c1-20-14-23-16-26(30(37)31-27(23)15-21(20)2)28(29-32-33-34-36(29)19-25-11-7-13-39-25)35(18-24-10-6-12-38-24)17-22-8-4-3-5-9-22/h3-6,8-10,12,14-16,25,28H,7,11,13,17-19H2,1-2H3,(H,31,37)/t25-,28-/m1/s1. The summed E-state index contributed by atoms with van der Waals surface area (Å²) in [4.78, 5) is 19.1. The molecule has 3 aromatic heterocycles. The number of pyridine rings is 1. The number of hydrogen-bond donors (Lipinski definition) is 1. The summed E-state index contributed by atoms with van der Waals surface area (Å²) >= 11 is 0. The Morgan fingerprint density at radius 2 is 1.92 bits per heavy atom. The maximum Gasteiger partial charge on any atom is 0.253 e. The van der Waals surface area contributed by atoms with Gasteiger partial charge >= 0.3 is 0 Å². The van der Waals surface area contributed by atoms with Gasteiger partial charge in [0.25, 0.3) is 5.56 Å². The van der Waals surface area contributed by atoms with E-state index in [0.717, 1.165) is 52.8 Å². The van der Waals surface area contributed by atoms with Gasteiger partial charge < -0.3 is 14.1 Å². The van der Waals surface area contributed by atoms with Gasteiger partial charge in [0.05, 0.1) is 25.5 Å². The van der Waals surface area contributed by atoms with Crippen molar-refractivity contribution >= 4 is 10.9 Å². The largest absolute Gasteiger partial charge is 0.468 e. The Morgan fingerprint density at radius 1 is 1.08 bits per heavy atom. The van der Waals surface area contributed by atoms with E-state index in [1.165, 1.54) is 0 Å². The molecule has 0 aliphatic carbocycles. The van der Waals surface area contributed by atoms with E-state index in [1.807, 2.05) is 49.4 Å². The van der Waals surface area contributed by atoms with Gasteiger partial charge in [0.1, 0.15) is 11.8 Å². The maximum atomic E-state index is 13.8. The molecule has 0 saturated carbocycles. The van der Waals surface area contributed by atoms with Crippen LogP contribution in [0.5, 0.6) is 0 Å². The van der Waals surface area contributed by atoms with Crippen molar-refractivity contribution in [1.82, 2.24) is 30.1 Å². The van der Waals surface area contributed by atoms with Crippen LogP contribution in [0.3, 0.4) is 0 Å². The molecular formula is C30H32N6O3. The number of aromatic amines is 1. The first-order valence-corrected chi connectivity index (χ1v) is 13.4. The number of aryl methyl sites for hydroxylation is 2. The third-order valence-corrected chi connectivity index (χ3v) is 7.52. The predicted molar refractivity (Wildman–Crippen MR) is 147 cm³/mol. The average Bonchev–Trinajstić information content (AvgIpc) is 3.71. The second-order valence-electron chi connectivity index (χ2n) is 10.3. The smallest absolute Gasteiger partial charge is 0.253 e. The second-order valence-corrected chi connectivity index (χ2v) is 10.3. The van der Waals surface area contributed by atoms with E-state index in [9.17, 15) is 4.79 Å². The van der Waals surface area contributed by atoms with Crippen molar-refractivity contribution in [2.75, 3.05) is 6.61 Å². The molecule has 1 N–H and O–H groups in total. The fourth-order valence-electron chi connectivity index (χ4n) is 5.37. The summed E-state index contributed by atoms with van der Waals surface area (Å²) < 4.78 is 13.5. The minimum atomic E-state index is -0.540. The number of rotatable bonds is 9. The van der Waals surface area contributed by atoms with Gasteiger partial charge in [0, 0.05) is 24.2 Å². The molecule has 200 valence electrons. The van der Waals surface area contributed by atoms with Crippen molar-refractivity contribution in [3.63, 3.8) is 0 Å². The van der Waals surface area contributed by atoms with E-state index in [2.05, 4.69) is 50.5 Å². The van der Waals surface area contributed by atoms with Gasteiger partial charge in [-0.05, 0) is 89.5 Å². The van der Waals surface area contributed by atoms with Gasteiger partial charge in [-0.15, -0.1) is 5.10 Å². The third-order valence-electron chi connectivity index (χ3n) is 7.52. The van der Waals surface area contributed by atoms with E-state index in [0.29, 0.717) is 31.0 Å². The monoisotopic (exact) mass is 524 g/mol. The summed E-state index contributed by atoms with van der Waals surface area (Å²) in [5.41, 5.74) is 4.63. The highest BCUT2D eigenvalue weighted by atomic mass is 16.5. The molecule has 4 heterocycles. The predicted octanol–water partition coefficient (Wildman–Crippen LogP) is 4.70. The average molecular weight is 525 g/mol. The van der Waals surface area contributed by atoms with Crippen molar-refractivity contribution in [3.05, 3.63) is 111 Å². The minimum Gasteiger partial charge on any atom is -0.468 e. The number of furan rings is 1. The van der Waals surface area contributed by atoms with Gasteiger partial charge in [-0.2, -0.15) is 0 Å². The molecule has 1 fully saturated rings. The Hall–Kier alpha value is -4.08. The molecule has 5 aromatic rings. The van der Waals surface area contributed by atoms with Crippen molar-refractivity contribution < 1.29 is 9.15 Å². The van der Waals surface area contributed by atoms with Crippen LogP contribution in [0.25, 0.3) is 10.9 Å². The van der Waals surface area contributed by atoms with Gasteiger partial charge in [-0.25, -0.2) is 4.68 Å². The molecule has 2 atom stereocenters. The Morgan fingerprint density at radius 3 is 2.69 bits per heavy atom. The summed E-state index contributed by atoms with van der Waals surface area (Å²) in [5, 5.41) is 13.9.